The highest BCUT2D eigenvalue weighted by Crippen LogP contribution is 2.55. The van der Waals surface area contributed by atoms with Crippen molar-refractivity contribution >= 4 is 43.8 Å². The molecule has 0 amide bonds. The number of hydrogen-bond acceptors (Lipinski definition) is 15. The van der Waals surface area contributed by atoms with E-state index in [4.69, 9.17) is 33.3 Å². The second kappa shape index (κ2) is 10.8. The summed E-state index contributed by atoms with van der Waals surface area (Å²) in [5.74, 6) is -1.49. The molecule has 9 atom stereocenters. The smallest absolute Gasteiger partial charge is 0.385 e. The van der Waals surface area contributed by atoms with E-state index >= 15 is 4.39 Å². The van der Waals surface area contributed by atoms with E-state index in [9.17, 15) is 38.0 Å². The molecule has 25 heteroatoms. The molecule has 4 aromatic rings. The number of nitrogens with one attached hydrogen (secondary N) is 2. The summed E-state index contributed by atoms with van der Waals surface area (Å²) in [6.07, 6.45) is -8.96. The van der Waals surface area contributed by atoms with Crippen molar-refractivity contribution in [1.29, 1.82) is 0 Å². The first-order chi connectivity index (χ1) is 21.7. The lowest BCUT2D eigenvalue weighted by Crippen LogP contribution is -2.48. The number of anilines is 1. The maximum Gasteiger partial charge on any atom is 0.474 e. The number of aromatic amines is 2. The van der Waals surface area contributed by atoms with Crippen molar-refractivity contribution in [2.75, 3.05) is 25.6 Å². The third kappa shape index (κ3) is 5.00. The molecule has 0 aromatic carbocycles. The Morgan fingerprint density at radius 2 is 1.83 bits per heavy atom. The lowest BCUT2D eigenvalue weighted by molar-refractivity contribution is -0.109. The number of aromatic nitrogens is 7. The Kier molecular flexibility index (Phi) is 7.30. The zero-order valence-electron chi connectivity index (χ0n) is 22.7. The number of aliphatic hydroxyl groups excluding tert-OH is 1. The molecular formula is C21H22F2N8O13P2. The van der Waals surface area contributed by atoms with Gasteiger partial charge in [0, 0.05) is 6.20 Å². The van der Waals surface area contributed by atoms with E-state index in [1.54, 1.807) is 0 Å². The first kappa shape index (κ1) is 31.1. The third-order valence-corrected chi connectivity index (χ3v) is 9.60. The fourth-order valence-electron chi connectivity index (χ4n) is 5.54. The molecule has 7 rings (SSSR count). The standard InChI is InChI=1S/C21H22F2N8O13P2/c22-7-1-31(15-10(7)17(33)26-5-25-15)21-4-39-9(14(21)32)3-40-45(35,36)43-13-8(2-41-46(37,38)44-21)42-19(11(13)23)30-6-27-12-16(30)28-20(24)29-18(12)34/h1,5-6,8-9,11,13-14,19,32H,2-4H2,(H,35,36)(H,37,38)(H,25,26,33)(H3,24,28,29,34)/t8?,9?,11-,13-,14-,19-,21+/m1/s1. The summed E-state index contributed by atoms with van der Waals surface area (Å²) >= 11 is 0. The lowest BCUT2D eigenvalue weighted by atomic mass is 10.1. The number of ether oxygens (including phenoxy) is 2. The quantitative estimate of drug-likeness (QED) is 0.135. The first-order valence-electron chi connectivity index (χ1n) is 13.1. The Balaban J connectivity index is 1.27. The highest BCUT2D eigenvalue weighted by Gasteiger charge is 2.58. The van der Waals surface area contributed by atoms with Gasteiger partial charge in [0.15, 0.2) is 35.0 Å². The van der Waals surface area contributed by atoms with Crippen LogP contribution in [0.2, 0.25) is 0 Å². The van der Waals surface area contributed by atoms with Gasteiger partial charge in [-0.1, -0.05) is 0 Å². The van der Waals surface area contributed by atoms with Crippen LogP contribution in [0.3, 0.4) is 0 Å². The molecule has 2 bridgehead atoms. The van der Waals surface area contributed by atoms with Gasteiger partial charge in [-0.15, -0.1) is 0 Å². The molecule has 0 radical (unpaired) electrons. The van der Waals surface area contributed by atoms with Crippen LogP contribution in [0.5, 0.6) is 0 Å². The fraction of sp³-hybridized carbons (Fsp3) is 0.476. The summed E-state index contributed by atoms with van der Waals surface area (Å²) in [4.78, 5) is 61.9. The van der Waals surface area contributed by atoms with Gasteiger partial charge in [-0.05, 0) is 0 Å². The van der Waals surface area contributed by atoms with E-state index in [0.29, 0.717) is 6.20 Å². The van der Waals surface area contributed by atoms with E-state index in [1.807, 2.05) is 0 Å². The molecule has 0 aliphatic carbocycles. The van der Waals surface area contributed by atoms with E-state index in [0.717, 1.165) is 21.8 Å². The molecule has 4 aromatic heterocycles. The Morgan fingerprint density at radius 3 is 2.61 bits per heavy atom. The number of halogens is 2. The minimum Gasteiger partial charge on any atom is -0.385 e. The van der Waals surface area contributed by atoms with Crippen LogP contribution in [0.4, 0.5) is 14.7 Å². The molecule has 248 valence electrons. The predicted molar refractivity (Wildman–Crippen MR) is 143 cm³/mol. The summed E-state index contributed by atoms with van der Waals surface area (Å²) in [6, 6.07) is 0. The largest absolute Gasteiger partial charge is 0.474 e. The number of phosphoric ester groups is 2. The van der Waals surface area contributed by atoms with E-state index in [2.05, 4.69) is 24.9 Å². The van der Waals surface area contributed by atoms with Crippen molar-refractivity contribution in [2.45, 2.75) is 42.5 Å². The zero-order valence-corrected chi connectivity index (χ0v) is 24.5. The van der Waals surface area contributed by atoms with Gasteiger partial charge in [0.1, 0.15) is 29.8 Å². The van der Waals surface area contributed by atoms with Crippen LogP contribution < -0.4 is 16.9 Å². The molecule has 21 nitrogen and oxygen atoms in total. The topological polar surface area (TPSA) is 290 Å². The average molecular weight is 694 g/mol. The minimum absolute atomic E-state index is 0.230. The van der Waals surface area contributed by atoms with Crippen molar-refractivity contribution in [3.8, 4) is 0 Å². The van der Waals surface area contributed by atoms with Gasteiger partial charge in [-0.2, -0.15) is 4.98 Å². The number of nitrogen functional groups attached to an aromatic ring is 1. The van der Waals surface area contributed by atoms with Crippen LogP contribution in [0, 0.1) is 5.82 Å². The van der Waals surface area contributed by atoms with Crippen molar-refractivity contribution in [1.82, 2.24) is 34.1 Å². The summed E-state index contributed by atoms with van der Waals surface area (Å²) in [5, 5.41) is 10.7. The molecule has 7 N–H and O–H groups in total. The Bertz CT molecular complexity index is 2070. The SMILES string of the molecule is Nc1nc2c(ncn2[C@@H]2OC3COP(=O)(O)O[C@@]4(n5cc(F)c6c(=O)[nH]cnc65)COC(COP(=O)(O)O[C@H]3[C@H]2F)[C@H]4O)c(=O)[nH]1. The molecule has 3 aliphatic heterocycles. The second-order valence-corrected chi connectivity index (χ2v) is 13.2. The predicted octanol–water partition coefficient (Wildman–Crippen LogP) is -1.12. The van der Waals surface area contributed by atoms with Gasteiger partial charge in [0.2, 0.25) is 11.7 Å². The molecule has 0 saturated carbocycles. The molecule has 3 aliphatic rings. The lowest BCUT2D eigenvalue weighted by Gasteiger charge is -2.34. The number of nitrogens with zero attached hydrogens (tertiary/aromatic N) is 5. The van der Waals surface area contributed by atoms with Gasteiger partial charge < -0.3 is 35.1 Å². The van der Waals surface area contributed by atoms with E-state index < -0.39 is 106 Å². The van der Waals surface area contributed by atoms with Crippen LogP contribution in [0.25, 0.3) is 22.2 Å². The zero-order chi connectivity index (χ0) is 32.8. The second-order valence-electron chi connectivity index (χ2n) is 10.4. The highest BCUT2D eigenvalue weighted by atomic mass is 31.2. The van der Waals surface area contributed by atoms with Crippen molar-refractivity contribution < 1.29 is 60.4 Å². The first-order valence-corrected chi connectivity index (χ1v) is 16.1. The van der Waals surface area contributed by atoms with Gasteiger partial charge in [-0.25, -0.2) is 27.9 Å². The third-order valence-electron chi connectivity index (χ3n) is 7.59. The molecule has 7 heterocycles. The molecule has 4 unspecified atom stereocenters. The number of imidazole rings is 1. The van der Waals surface area contributed by atoms with Gasteiger partial charge >= 0.3 is 15.6 Å². The maximum atomic E-state index is 16.0. The molecule has 46 heavy (non-hydrogen) atoms. The number of H-pyrrole nitrogens is 2. The Labute approximate surface area is 252 Å². The number of fused-ring (bicyclic) bond motifs is 5. The average Bonchev–Trinajstić information content (AvgIpc) is 3.71. The maximum absolute atomic E-state index is 16.0. The number of aliphatic hydroxyl groups is 1. The molecule has 3 fully saturated rings. The molecular weight excluding hydrogens is 672 g/mol. The number of alkyl halides is 1. The van der Waals surface area contributed by atoms with Crippen LogP contribution in [0.15, 0.2) is 28.4 Å². The van der Waals surface area contributed by atoms with Gasteiger partial charge in [-0.3, -0.25) is 41.8 Å². The van der Waals surface area contributed by atoms with Crippen molar-refractivity contribution in [3.63, 3.8) is 0 Å². The van der Waals surface area contributed by atoms with Crippen molar-refractivity contribution in [2.24, 2.45) is 0 Å². The Hall–Kier alpha value is -3.47. The Morgan fingerprint density at radius 1 is 1.09 bits per heavy atom. The summed E-state index contributed by atoms with van der Waals surface area (Å²) < 4.78 is 90.6. The van der Waals surface area contributed by atoms with Crippen LogP contribution in [0.1, 0.15) is 6.23 Å². The number of phosphoric acid groups is 2. The summed E-state index contributed by atoms with van der Waals surface area (Å²) in [7, 11) is -10.6. The summed E-state index contributed by atoms with van der Waals surface area (Å²) in [5.41, 5.74) is 0.461. The van der Waals surface area contributed by atoms with Crippen LogP contribution in [-0.4, -0.2) is 99.4 Å². The van der Waals surface area contributed by atoms with E-state index in [-0.39, 0.29) is 17.1 Å². The number of rotatable bonds is 2. The normalized spacial score (nSPS) is 37.2. The number of hydrogen-bond donors (Lipinski definition) is 6. The van der Waals surface area contributed by atoms with Crippen molar-refractivity contribution in [3.05, 3.63) is 45.4 Å². The van der Waals surface area contributed by atoms with Crippen LogP contribution in [-0.2, 0) is 42.4 Å². The van der Waals surface area contributed by atoms with Gasteiger partial charge in [0.25, 0.3) is 11.1 Å². The van der Waals surface area contributed by atoms with Gasteiger partial charge in [0.05, 0.1) is 32.5 Å². The van der Waals surface area contributed by atoms with Crippen LogP contribution >= 0.6 is 15.6 Å². The number of nitrogens with two attached hydrogens (primary N) is 1. The molecule has 0 spiro atoms. The fourth-order valence-corrected chi connectivity index (χ4v) is 7.53. The highest BCUT2D eigenvalue weighted by molar-refractivity contribution is 7.47. The summed E-state index contributed by atoms with van der Waals surface area (Å²) in [6.45, 7) is -2.80. The molecule has 3 saturated heterocycles. The van der Waals surface area contributed by atoms with E-state index in [1.165, 1.54) is 0 Å². The monoisotopic (exact) mass is 694 g/mol. The minimum atomic E-state index is -5.40.